The van der Waals surface area contributed by atoms with Gasteiger partial charge in [-0.3, -0.25) is 15.0 Å². The quantitative estimate of drug-likeness (QED) is 0.611. The molecule has 1 saturated heterocycles. The maximum atomic E-state index is 10.7. The van der Waals surface area contributed by atoms with Gasteiger partial charge in [-0.1, -0.05) is 0 Å². The summed E-state index contributed by atoms with van der Waals surface area (Å²) in [6.45, 7) is 5.92. The minimum atomic E-state index is -0.394. The normalized spacial score (nSPS) is 16.3. The van der Waals surface area contributed by atoms with Gasteiger partial charge in [-0.25, -0.2) is 4.98 Å². The third-order valence-electron chi connectivity index (χ3n) is 3.29. The summed E-state index contributed by atoms with van der Waals surface area (Å²) >= 11 is 0. The summed E-state index contributed by atoms with van der Waals surface area (Å²) in [6.07, 6.45) is 1.48. The summed E-state index contributed by atoms with van der Waals surface area (Å²) in [6, 6.07) is 2.92. The van der Waals surface area contributed by atoms with Crippen molar-refractivity contribution in [1.82, 2.24) is 15.2 Å². The number of pyridine rings is 1. The largest absolute Gasteiger partial charge is 0.358 e. The van der Waals surface area contributed by atoms with Crippen molar-refractivity contribution in [2.75, 3.05) is 51.2 Å². The van der Waals surface area contributed by atoms with E-state index in [-0.39, 0.29) is 5.69 Å². The van der Waals surface area contributed by atoms with Gasteiger partial charge in [-0.05, 0) is 0 Å². The van der Waals surface area contributed by atoms with Crippen molar-refractivity contribution in [1.29, 1.82) is 0 Å². The van der Waals surface area contributed by atoms with E-state index < -0.39 is 4.92 Å². The van der Waals surface area contributed by atoms with E-state index in [4.69, 9.17) is 0 Å². The minimum absolute atomic E-state index is 0.0824. The highest BCUT2D eigenvalue weighted by molar-refractivity contribution is 5.45. The van der Waals surface area contributed by atoms with Gasteiger partial charge in [0, 0.05) is 58.6 Å². The minimum Gasteiger partial charge on any atom is -0.358 e. The van der Waals surface area contributed by atoms with Crippen LogP contribution in [0.2, 0.25) is 0 Å². The van der Waals surface area contributed by atoms with E-state index in [2.05, 4.69) is 15.2 Å². The third-order valence-corrected chi connectivity index (χ3v) is 3.29. The van der Waals surface area contributed by atoms with Gasteiger partial charge in [-0.2, -0.15) is 0 Å². The van der Waals surface area contributed by atoms with Gasteiger partial charge in [0.2, 0.25) is 0 Å². The van der Waals surface area contributed by atoms with Crippen molar-refractivity contribution < 1.29 is 4.92 Å². The van der Waals surface area contributed by atoms with Crippen LogP contribution in [0, 0.1) is 10.1 Å². The van der Waals surface area contributed by atoms with E-state index in [0.717, 1.165) is 39.3 Å². The van der Waals surface area contributed by atoms with Gasteiger partial charge in [-0.15, -0.1) is 0 Å². The lowest BCUT2D eigenvalue weighted by Crippen LogP contribution is -2.46. The van der Waals surface area contributed by atoms with Gasteiger partial charge in [0.05, 0.1) is 11.0 Å². The molecule has 104 valence electrons. The number of anilines is 1. The van der Waals surface area contributed by atoms with Crippen LogP contribution >= 0.6 is 0 Å². The van der Waals surface area contributed by atoms with Gasteiger partial charge in [0.25, 0.3) is 5.69 Å². The monoisotopic (exact) mass is 265 g/mol. The van der Waals surface area contributed by atoms with Crippen LogP contribution < -0.4 is 10.2 Å². The van der Waals surface area contributed by atoms with Gasteiger partial charge < -0.3 is 10.2 Å². The molecule has 0 radical (unpaired) electrons. The number of nitrogens with one attached hydrogen (secondary N) is 1. The van der Waals surface area contributed by atoms with E-state index in [0.29, 0.717) is 5.82 Å². The Morgan fingerprint density at radius 1 is 1.53 bits per heavy atom. The molecule has 0 saturated carbocycles. The van der Waals surface area contributed by atoms with Crippen LogP contribution in [0.4, 0.5) is 11.5 Å². The molecule has 2 heterocycles. The topological polar surface area (TPSA) is 74.5 Å². The Morgan fingerprint density at radius 2 is 2.26 bits per heavy atom. The van der Waals surface area contributed by atoms with Crippen LogP contribution in [0.1, 0.15) is 0 Å². The fourth-order valence-corrected chi connectivity index (χ4v) is 2.07. The number of nitro groups is 1. The molecule has 1 aliphatic rings. The SMILES string of the molecule is CN(CCN1CCNCC1)c1cc([N+](=O)[O-])ccn1. The van der Waals surface area contributed by atoms with E-state index in [1.807, 2.05) is 11.9 Å². The molecule has 1 N–H and O–H groups in total. The maximum Gasteiger partial charge on any atom is 0.274 e. The summed E-state index contributed by atoms with van der Waals surface area (Å²) in [7, 11) is 1.91. The summed E-state index contributed by atoms with van der Waals surface area (Å²) in [5, 5.41) is 14.0. The second kappa shape index (κ2) is 6.44. The summed E-state index contributed by atoms with van der Waals surface area (Å²) in [5.41, 5.74) is 0.0824. The van der Waals surface area contributed by atoms with Gasteiger partial charge in [0.15, 0.2) is 0 Å². The Balaban J connectivity index is 1.89. The molecule has 0 unspecified atom stereocenters. The fraction of sp³-hybridized carbons (Fsp3) is 0.583. The molecule has 0 bridgehead atoms. The van der Waals surface area contributed by atoms with Gasteiger partial charge in [0.1, 0.15) is 5.82 Å². The molecular weight excluding hydrogens is 246 g/mol. The second-order valence-corrected chi connectivity index (χ2v) is 4.64. The predicted molar refractivity (Wildman–Crippen MR) is 73.5 cm³/mol. The Bertz CT molecular complexity index is 434. The molecular formula is C12H19N5O2. The van der Waals surface area contributed by atoms with E-state index in [1.165, 1.54) is 18.3 Å². The Morgan fingerprint density at radius 3 is 2.95 bits per heavy atom. The molecule has 7 heteroatoms. The van der Waals surface area contributed by atoms with Crippen LogP contribution in [0.25, 0.3) is 0 Å². The van der Waals surface area contributed by atoms with Crippen LogP contribution in [0.3, 0.4) is 0 Å². The number of hydrogen-bond acceptors (Lipinski definition) is 6. The summed E-state index contributed by atoms with van der Waals surface area (Å²) in [4.78, 5) is 18.8. The molecule has 2 rings (SSSR count). The van der Waals surface area contributed by atoms with E-state index in [1.54, 1.807) is 0 Å². The van der Waals surface area contributed by atoms with Crippen molar-refractivity contribution in [3.63, 3.8) is 0 Å². The highest BCUT2D eigenvalue weighted by atomic mass is 16.6. The molecule has 0 aromatic carbocycles. The predicted octanol–water partition coefficient (Wildman–Crippen LogP) is 0.331. The summed E-state index contributed by atoms with van der Waals surface area (Å²) in [5.74, 6) is 0.643. The highest BCUT2D eigenvalue weighted by Crippen LogP contribution is 2.16. The first-order chi connectivity index (χ1) is 9.16. The van der Waals surface area contributed by atoms with E-state index in [9.17, 15) is 10.1 Å². The number of likely N-dealkylation sites (N-methyl/N-ethyl adjacent to an activating group) is 1. The number of piperazine rings is 1. The highest BCUT2D eigenvalue weighted by Gasteiger charge is 2.13. The molecule has 0 spiro atoms. The lowest BCUT2D eigenvalue weighted by molar-refractivity contribution is -0.384. The molecule has 0 aliphatic carbocycles. The van der Waals surface area contributed by atoms with Crippen LogP contribution in [-0.4, -0.2) is 61.1 Å². The first kappa shape index (κ1) is 13.7. The first-order valence-corrected chi connectivity index (χ1v) is 6.41. The zero-order chi connectivity index (χ0) is 13.7. The Labute approximate surface area is 112 Å². The van der Waals surface area contributed by atoms with Crippen molar-refractivity contribution >= 4 is 11.5 Å². The first-order valence-electron chi connectivity index (χ1n) is 6.41. The number of nitrogens with zero attached hydrogens (tertiary/aromatic N) is 4. The summed E-state index contributed by atoms with van der Waals surface area (Å²) < 4.78 is 0. The molecule has 1 aromatic rings. The smallest absolute Gasteiger partial charge is 0.274 e. The third kappa shape index (κ3) is 3.87. The second-order valence-electron chi connectivity index (χ2n) is 4.64. The molecule has 1 aromatic heterocycles. The standard InChI is InChI=1S/C12H19N5O2/c1-15(8-9-16-6-4-13-5-7-16)12-10-11(17(18)19)2-3-14-12/h2-3,10,13H,4-9H2,1H3. The van der Waals surface area contributed by atoms with Crippen LogP contribution in [0.5, 0.6) is 0 Å². The average molecular weight is 265 g/mol. The zero-order valence-corrected chi connectivity index (χ0v) is 11.1. The van der Waals surface area contributed by atoms with Crippen LogP contribution in [-0.2, 0) is 0 Å². The van der Waals surface area contributed by atoms with E-state index >= 15 is 0 Å². The Kier molecular flexibility index (Phi) is 4.64. The Hall–Kier alpha value is -1.73. The van der Waals surface area contributed by atoms with Crippen molar-refractivity contribution in [2.45, 2.75) is 0 Å². The van der Waals surface area contributed by atoms with Gasteiger partial charge >= 0.3 is 0 Å². The molecule has 7 nitrogen and oxygen atoms in total. The lowest BCUT2D eigenvalue weighted by atomic mass is 10.3. The molecule has 1 aliphatic heterocycles. The maximum absolute atomic E-state index is 10.7. The molecule has 1 fully saturated rings. The van der Waals surface area contributed by atoms with Crippen molar-refractivity contribution in [3.05, 3.63) is 28.4 Å². The average Bonchev–Trinajstić information content (AvgIpc) is 2.46. The molecule has 19 heavy (non-hydrogen) atoms. The number of aromatic nitrogens is 1. The number of rotatable bonds is 5. The number of hydrogen-bond donors (Lipinski definition) is 1. The molecule has 0 amide bonds. The van der Waals surface area contributed by atoms with Crippen molar-refractivity contribution in [2.24, 2.45) is 0 Å². The van der Waals surface area contributed by atoms with Crippen molar-refractivity contribution in [3.8, 4) is 0 Å². The van der Waals surface area contributed by atoms with Crippen LogP contribution in [0.15, 0.2) is 18.3 Å². The fourth-order valence-electron chi connectivity index (χ4n) is 2.07. The molecule has 0 atom stereocenters. The zero-order valence-electron chi connectivity index (χ0n) is 11.1. The lowest BCUT2D eigenvalue weighted by Gasteiger charge is -2.29.